The fraction of sp³-hybridized carbons (Fsp3) is 0.133. The molecule has 0 radical (unpaired) electrons. The molecule has 20 heavy (non-hydrogen) atoms. The third-order valence-corrected chi connectivity index (χ3v) is 3.24. The van der Waals surface area contributed by atoms with Crippen molar-refractivity contribution in [1.82, 2.24) is 14.5 Å². The topological polar surface area (TPSA) is 63.7 Å². The molecule has 0 unspecified atom stereocenters. The van der Waals surface area contributed by atoms with Crippen molar-refractivity contribution in [3.05, 3.63) is 42.1 Å². The molecule has 0 saturated heterocycles. The van der Waals surface area contributed by atoms with Gasteiger partial charge in [0.05, 0.1) is 23.8 Å². The van der Waals surface area contributed by atoms with Gasteiger partial charge in [-0.05, 0) is 24.3 Å². The van der Waals surface area contributed by atoms with Crippen molar-refractivity contribution in [3.8, 4) is 23.3 Å². The molecule has 5 heteroatoms. The van der Waals surface area contributed by atoms with Gasteiger partial charge in [-0.15, -0.1) is 0 Å². The Balaban J connectivity index is 2.33. The van der Waals surface area contributed by atoms with E-state index in [1.165, 1.54) is 0 Å². The highest BCUT2D eigenvalue weighted by Gasteiger charge is 2.16. The second-order valence-electron chi connectivity index (χ2n) is 4.34. The molecular weight excluding hydrogens is 252 g/mol. The van der Waals surface area contributed by atoms with E-state index in [1.807, 2.05) is 35.9 Å². The molecule has 1 aromatic carbocycles. The molecule has 2 aromatic heterocycles. The smallest absolute Gasteiger partial charge is 0.224 e. The number of imidazole rings is 1. The number of benzene rings is 1. The minimum absolute atomic E-state index is 0.518. The lowest BCUT2D eigenvalue weighted by molar-refractivity contribution is 0.399. The highest BCUT2D eigenvalue weighted by atomic mass is 16.5. The molecule has 5 nitrogen and oxygen atoms in total. The molecule has 0 amide bonds. The molecule has 0 atom stereocenters. The molecule has 0 aliphatic carbocycles. The van der Waals surface area contributed by atoms with Crippen LogP contribution in [-0.4, -0.2) is 21.6 Å². The van der Waals surface area contributed by atoms with Crippen molar-refractivity contribution >= 4 is 11.0 Å². The number of nitriles is 1. The zero-order valence-corrected chi connectivity index (χ0v) is 11.2. The summed E-state index contributed by atoms with van der Waals surface area (Å²) in [4.78, 5) is 8.77. The van der Waals surface area contributed by atoms with Crippen LogP contribution in [-0.2, 0) is 7.05 Å². The fourth-order valence-electron chi connectivity index (χ4n) is 2.27. The van der Waals surface area contributed by atoms with Gasteiger partial charge in [0.15, 0.2) is 0 Å². The molecule has 0 aliphatic heterocycles. The maximum absolute atomic E-state index is 9.17. The van der Waals surface area contributed by atoms with Crippen molar-refractivity contribution in [2.24, 2.45) is 7.05 Å². The molecule has 3 rings (SSSR count). The molecule has 0 fully saturated rings. The first kappa shape index (κ1) is 12.2. The molecular formula is C15H12N4O. The normalized spacial score (nSPS) is 10.4. The van der Waals surface area contributed by atoms with Gasteiger partial charge in [-0.1, -0.05) is 6.07 Å². The number of rotatable bonds is 2. The summed E-state index contributed by atoms with van der Waals surface area (Å²) < 4.78 is 7.22. The Hall–Kier alpha value is -2.87. The van der Waals surface area contributed by atoms with E-state index in [0.717, 1.165) is 16.9 Å². The lowest BCUT2D eigenvalue weighted by Gasteiger charge is -2.06. The van der Waals surface area contributed by atoms with Crippen LogP contribution < -0.4 is 4.74 Å². The second-order valence-corrected chi connectivity index (χ2v) is 4.34. The van der Waals surface area contributed by atoms with Crippen LogP contribution in [0.3, 0.4) is 0 Å². The van der Waals surface area contributed by atoms with E-state index in [-0.39, 0.29) is 0 Å². The summed E-state index contributed by atoms with van der Waals surface area (Å²) in [7, 11) is 3.49. The van der Waals surface area contributed by atoms with Gasteiger partial charge >= 0.3 is 0 Å². The van der Waals surface area contributed by atoms with E-state index < -0.39 is 0 Å². The number of aromatic nitrogens is 3. The van der Waals surface area contributed by atoms with Crippen molar-refractivity contribution in [1.29, 1.82) is 5.26 Å². The zero-order valence-electron chi connectivity index (χ0n) is 11.2. The number of hydrogen-bond donors (Lipinski definition) is 0. The third kappa shape index (κ3) is 1.70. The van der Waals surface area contributed by atoms with Gasteiger partial charge in [-0.2, -0.15) is 5.26 Å². The summed E-state index contributed by atoms with van der Waals surface area (Å²) in [5.74, 6) is 1.25. The number of fused-ring (bicyclic) bond motifs is 1. The molecule has 2 heterocycles. The Labute approximate surface area is 116 Å². The number of ether oxygens (including phenoxy) is 1. The van der Waals surface area contributed by atoms with Crippen molar-refractivity contribution < 1.29 is 4.74 Å². The SMILES string of the molecule is COc1ncccc1-c1nc2c(C#N)cccc2n1C. The van der Waals surface area contributed by atoms with Crippen LogP contribution in [0.25, 0.3) is 22.4 Å². The van der Waals surface area contributed by atoms with Gasteiger partial charge < -0.3 is 9.30 Å². The largest absolute Gasteiger partial charge is 0.480 e. The van der Waals surface area contributed by atoms with Crippen LogP contribution in [0.1, 0.15) is 5.56 Å². The van der Waals surface area contributed by atoms with E-state index in [2.05, 4.69) is 16.0 Å². The maximum Gasteiger partial charge on any atom is 0.224 e. The van der Waals surface area contributed by atoms with E-state index in [1.54, 1.807) is 19.4 Å². The lowest BCUT2D eigenvalue weighted by atomic mass is 10.2. The first-order chi connectivity index (χ1) is 9.76. The number of methoxy groups -OCH3 is 1. The minimum Gasteiger partial charge on any atom is -0.480 e. The predicted molar refractivity (Wildman–Crippen MR) is 75.2 cm³/mol. The Morgan fingerprint density at radius 1 is 1.25 bits per heavy atom. The van der Waals surface area contributed by atoms with Crippen molar-refractivity contribution in [3.63, 3.8) is 0 Å². The van der Waals surface area contributed by atoms with Gasteiger partial charge in [0.25, 0.3) is 0 Å². The van der Waals surface area contributed by atoms with Crippen LogP contribution >= 0.6 is 0 Å². The van der Waals surface area contributed by atoms with Crippen LogP contribution in [0.5, 0.6) is 5.88 Å². The summed E-state index contributed by atoms with van der Waals surface area (Å²) in [6.45, 7) is 0. The minimum atomic E-state index is 0.518. The van der Waals surface area contributed by atoms with E-state index in [9.17, 15) is 5.26 Å². The van der Waals surface area contributed by atoms with Crippen molar-refractivity contribution in [2.45, 2.75) is 0 Å². The van der Waals surface area contributed by atoms with E-state index in [0.29, 0.717) is 17.0 Å². The maximum atomic E-state index is 9.17. The van der Waals surface area contributed by atoms with Crippen LogP contribution in [0.15, 0.2) is 36.5 Å². The Bertz CT molecular complexity index is 829. The number of aryl methyl sites for hydroxylation is 1. The number of pyridine rings is 1. The number of nitrogens with zero attached hydrogens (tertiary/aromatic N) is 4. The first-order valence-electron chi connectivity index (χ1n) is 6.11. The first-order valence-corrected chi connectivity index (χ1v) is 6.11. The van der Waals surface area contributed by atoms with Crippen LogP contribution in [0.4, 0.5) is 0 Å². The standard InChI is InChI=1S/C15H12N4O/c1-19-12-7-3-5-10(9-16)13(12)18-14(19)11-6-4-8-17-15(11)20-2/h3-8H,1-2H3. The average Bonchev–Trinajstić information content (AvgIpc) is 2.84. The summed E-state index contributed by atoms with van der Waals surface area (Å²) in [6, 6.07) is 11.5. The molecule has 0 spiro atoms. The summed E-state index contributed by atoms with van der Waals surface area (Å²) in [5, 5.41) is 9.17. The summed E-state index contributed by atoms with van der Waals surface area (Å²) in [5.41, 5.74) is 2.97. The van der Waals surface area contributed by atoms with Crippen molar-refractivity contribution in [2.75, 3.05) is 7.11 Å². The predicted octanol–water partition coefficient (Wildman–Crippen LogP) is 2.52. The van der Waals surface area contributed by atoms with E-state index in [4.69, 9.17) is 4.74 Å². The Kier molecular flexibility index (Phi) is 2.84. The highest BCUT2D eigenvalue weighted by Crippen LogP contribution is 2.30. The summed E-state index contributed by atoms with van der Waals surface area (Å²) >= 11 is 0. The number of hydrogen-bond acceptors (Lipinski definition) is 4. The van der Waals surface area contributed by atoms with Crippen LogP contribution in [0.2, 0.25) is 0 Å². The summed E-state index contributed by atoms with van der Waals surface area (Å²) in [6.07, 6.45) is 1.67. The molecule has 0 saturated carbocycles. The van der Waals surface area contributed by atoms with Gasteiger partial charge in [-0.25, -0.2) is 9.97 Å². The fourth-order valence-corrected chi connectivity index (χ4v) is 2.27. The van der Waals surface area contributed by atoms with E-state index >= 15 is 0 Å². The molecule has 0 aliphatic rings. The Morgan fingerprint density at radius 3 is 2.85 bits per heavy atom. The van der Waals surface area contributed by atoms with Crippen LogP contribution in [0, 0.1) is 11.3 Å². The average molecular weight is 264 g/mol. The van der Waals surface area contributed by atoms with Gasteiger partial charge in [0.2, 0.25) is 5.88 Å². The lowest BCUT2D eigenvalue weighted by Crippen LogP contribution is -1.96. The van der Waals surface area contributed by atoms with Gasteiger partial charge in [-0.3, -0.25) is 0 Å². The quantitative estimate of drug-likeness (QED) is 0.713. The number of para-hydroxylation sites is 1. The molecule has 98 valence electrons. The molecule has 0 bridgehead atoms. The third-order valence-electron chi connectivity index (χ3n) is 3.24. The highest BCUT2D eigenvalue weighted by molar-refractivity contribution is 5.86. The van der Waals surface area contributed by atoms with Gasteiger partial charge in [0, 0.05) is 13.2 Å². The Morgan fingerprint density at radius 2 is 2.10 bits per heavy atom. The molecule has 3 aromatic rings. The van der Waals surface area contributed by atoms with Gasteiger partial charge in [0.1, 0.15) is 17.4 Å². The monoisotopic (exact) mass is 264 g/mol. The second kappa shape index (κ2) is 4.67. The zero-order chi connectivity index (χ0) is 14.1. The molecule has 0 N–H and O–H groups in total.